The summed E-state index contributed by atoms with van der Waals surface area (Å²) in [6.07, 6.45) is 12.1. The fraction of sp³-hybridized carbons (Fsp3) is 0.440. The Kier molecular flexibility index (Phi) is 7.05. The zero-order chi connectivity index (χ0) is 18.2. The molecule has 1 aliphatic rings. The first-order valence-corrected chi connectivity index (χ1v) is 10.3. The van der Waals surface area contributed by atoms with Crippen LogP contribution in [-0.2, 0) is 6.42 Å². The molecule has 0 spiro atoms. The summed E-state index contributed by atoms with van der Waals surface area (Å²) >= 11 is 0. The van der Waals surface area contributed by atoms with Crippen LogP contribution < -0.4 is 0 Å². The van der Waals surface area contributed by atoms with Gasteiger partial charge in [0.15, 0.2) is 0 Å². The van der Waals surface area contributed by atoms with E-state index in [1.54, 1.807) is 6.08 Å². The SMILES string of the molecule is CCCCCc1ccc(-c2ccc(C3CCC(C=CF)CC3)cc2)cc1. The molecule has 1 heteroatoms. The Labute approximate surface area is 158 Å². The highest BCUT2D eigenvalue weighted by molar-refractivity contribution is 5.64. The predicted molar refractivity (Wildman–Crippen MR) is 110 cm³/mol. The van der Waals surface area contributed by atoms with Gasteiger partial charge in [-0.15, -0.1) is 0 Å². The van der Waals surface area contributed by atoms with E-state index in [0.717, 1.165) is 19.2 Å². The summed E-state index contributed by atoms with van der Waals surface area (Å²) in [7, 11) is 0. The first kappa shape index (κ1) is 18.9. The zero-order valence-electron chi connectivity index (χ0n) is 16.0. The van der Waals surface area contributed by atoms with Crippen LogP contribution in [0.1, 0.15) is 68.9 Å². The van der Waals surface area contributed by atoms with Crippen LogP contribution in [0.2, 0.25) is 0 Å². The molecule has 26 heavy (non-hydrogen) atoms. The Morgan fingerprint density at radius 1 is 0.846 bits per heavy atom. The number of rotatable bonds is 7. The Bertz CT molecular complexity index is 673. The minimum absolute atomic E-state index is 0.436. The normalized spacial score (nSPS) is 20.5. The Balaban J connectivity index is 1.59. The van der Waals surface area contributed by atoms with Gasteiger partial charge in [-0.25, -0.2) is 4.39 Å². The molecule has 2 aromatic rings. The number of aryl methyl sites for hydroxylation is 1. The number of hydrogen-bond donors (Lipinski definition) is 0. The van der Waals surface area contributed by atoms with E-state index in [9.17, 15) is 4.39 Å². The van der Waals surface area contributed by atoms with Crippen molar-refractivity contribution >= 4 is 0 Å². The van der Waals surface area contributed by atoms with E-state index >= 15 is 0 Å². The second kappa shape index (κ2) is 9.71. The molecule has 3 rings (SSSR count). The monoisotopic (exact) mass is 350 g/mol. The average molecular weight is 351 g/mol. The van der Waals surface area contributed by atoms with Gasteiger partial charge in [-0.05, 0) is 72.6 Å². The third-order valence-electron chi connectivity index (χ3n) is 5.86. The van der Waals surface area contributed by atoms with Gasteiger partial charge in [0.1, 0.15) is 0 Å². The lowest BCUT2D eigenvalue weighted by molar-refractivity contribution is 0.373. The molecule has 2 aromatic carbocycles. The maximum Gasteiger partial charge on any atom is 0.0829 e. The van der Waals surface area contributed by atoms with Crippen LogP contribution in [-0.4, -0.2) is 0 Å². The summed E-state index contributed by atoms with van der Waals surface area (Å²) in [6, 6.07) is 18.2. The molecule has 1 fully saturated rings. The standard InChI is InChI=1S/C25H31F/c1-2-3-4-5-20-6-10-22(11-7-20)24-14-16-25(17-15-24)23-12-8-21(9-13-23)18-19-26/h6-7,10-11,14-19,21,23H,2-5,8-9,12-13H2,1H3. The molecule has 0 atom stereocenters. The first-order valence-electron chi connectivity index (χ1n) is 10.3. The number of allylic oxidation sites excluding steroid dienone is 1. The van der Waals surface area contributed by atoms with Gasteiger partial charge in [-0.1, -0.05) is 74.4 Å². The van der Waals surface area contributed by atoms with Crippen LogP contribution >= 0.6 is 0 Å². The van der Waals surface area contributed by atoms with Crippen LogP contribution in [0, 0.1) is 5.92 Å². The molecule has 138 valence electrons. The van der Waals surface area contributed by atoms with Crippen molar-refractivity contribution in [2.75, 3.05) is 0 Å². The fourth-order valence-electron chi connectivity index (χ4n) is 4.14. The first-order chi connectivity index (χ1) is 12.8. The summed E-state index contributed by atoms with van der Waals surface area (Å²) in [5.74, 6) is 1.07. The highest BCUT2D eigenvalue weighted by Gasteiger charge is 2.20. The van der Waals surface area contributed by atoms with E-state index in [1.807, 2.05) is 0 Å². The highest BCUT2D eigenvalue weighted by Crippen LogP contribution is 2.37. The van der Waals surface area contributed by atoms with Crippen molar-refractivity contribution in [1.82, 2.24) is 0 Å². The molecule has 0 saturated heterocycles. The van der Waals surface area contributed by atoms with Crippen LogP contribution in [0.5, 0.6) is 0 Å². The number of halogens is 1. The van der Waals surface area contributed by atoms with E-state index in [0.29, 0.717) is 11.8 Å². The van der Waals surface area contributed by atoms with Crippen molar-refractivity contribution in [3.63, 3.8) is 0 Å². The van der Waals surface area contributed by atoms with Gasteiger partial charge in [0.2, 0.25) is 0 Å². The van der Waals surface area contributed by atoms with E-state index in [1.165, 1.54) is 60.8 Å². The molecular weight excluding hydrogens is 319 g/mol. The van der Waals surface area contributed by atoms with Gasteiger partial charge >= 0.3 is 0 Å². The van der Waals surface area contributed by atoms with E-state index < -0.39 is 0 Å². The molecule has 0 aromatic heterocycles. The molecule has 0 unspecified atom stereocenters. The third-order valence-corrected chi connectivity index (χ3v) is 5.86. The van der Waals surface area contributed by atoms with Gasteiger partial charge in [0, 0.05) is 0 Å². The minimum atomic E-state index is 0.436. The minimum Gasteiger partial charge on any atom is -0.216 e. The third kappa shape index (κ3) is 5.06. The highest BCUT2D eigenvalue weighted by atomic mass is 19.1. The van der Waals surface area contributed by atoms with Crippen LogP contribution in [0.4, 0.5) is 4.39 Å². The average Bonchev–Trinajstić information content (AvgIpc) is 2.70. The van der Waals surface area contributed by atoms with E-state index in [-0.39, 0.29) is 0 Å². The summed E-state index contributed by atoms with van der Waals surface area (Å²) in [6.45, 7) is 2.25. The number of hydrogen-bond acceptors (Lipinski definition) is 0. The fourth-order valence-corrected chi connectivity index (χ4v) is 4.14. The molecule has 0 nitrogen and oxygen atoms in total. The second-order valence-corrected chi connectivity index (χ2v) is 7.71. The quantitative estimate of drug-likeness (QED) is 0.446. The largest absolute Gasteiger partial charge is 0.216 e. The molecule has 0 heterocycles. The van der Waals surface area contributed by atoms with Gasteiger partial charge in [0.05, 0.1) is 6.33 Å². The van der Waals surface area contributed by atoms with Crippen molar-refractivity contribution in [1.29, 1.82) is 0 Å². The second-order valence-electron chi connectivity index (χ2n) is 7.71. The molecule has 1 saturated carbocycles. The lowest BCUT2D eigenvalue weighted by Crippen LogP contribution is -2.11. The van der Waals surface area contributed by atoms with E-state index in [4.69, 9.17) is 0 Å². The van der Waals surface area contributed by atoms with Crippen molar-refractivity contribution in [3.05, 3.63) is 72.1 Å². The molecule has 0 aliphatic heterocycles. The summed E-state index contributed by atoms with van der Waals surface area (Å²) in [5, 5.41) is 0. The van der Waals surface area contributed by atoms with Crippen LogP contribution in [0.3, 0.4) is 0 Å². The van der Waals surface area contributed by atoms with E-state index in [2.05, 4.69) is 55.5 Å². The molecule has 1 aliphatic carbocycles. The Morgan fingerprint density at radius 3 is 2.04 bits per heavy atom. The maximum atomic E-state index is 12.3. The molecule has 0 radical (unpaired) electrons. The van der Waals surface area contributed by atoms with Crippen molar-refractivity contribution in [2.24, 2.45) is 5.92 Å². The Hall–Kier alpha value is -1.89. The van der Waals surface area contributed by atoms with Crippen molar-refractivity contribution < 1.29 is 4.39 Å². The van der Waals surface area contributed by atoms with Crippen LogP contribution in [0.25, 0.3) is 11.1 Å². The molecule has 0 N–H and O–H groups in total. The predicted octanol–water partition coefficient (Wildman–Crippen LogP) is 7.84. The number of unbranched alkanes of at least 4 members (excludes halogenated alkanes) is 2. The van der Waals surface area contributed by atoms with Crippen molar-refractivity contribution in [3.8, 4) is 11.1 Å². The van der Waals surface area contributed by atoms with Gasteiger partial charge < -0.3 is 0 Å². The Morgan fingerprint density at radius 2 is 1.46 bits per heavy atom. The molecule has 0 amide bonds. The van der Waals surface area contributed by atoms with Gasteiger partial charge in [-0.2, -0.15) is 0 Å². The van der Waals surface area contributed by atoms with Crippen LogP contribution in [0.15, 0.2) is 60.9 Å². The zero-order valence-corrected chi connectivity index (χ0v) is 16.0. The maximum absolute atomic E-state index is 12.3. The molecular formula is C25H31F. The lowest BCUT2D eigenvalue weighted by atomic mass is 9.78. The summed E-state index contributed by atoms with van der Waals surface area (Å²) in [5.41, 5.74) is 5.47. The number of benzene rings is 2. The smallest absolute Gasteiger partial charge is 0.0829 e. The molecule has 0 bridgehead atoms. The van der Waals surface area contributed by atoms with Crippen molar-refractivity contribution in [2.45, 2.75) is 64.2 Å². The summed E-state index contributed by atoms with van der Waals surface area (Å²) in [4.78, 5) is 0. The lowest BCUT2D eigenvalue weighted by Gasteiger charge is -2.27. The van der Waals surface area contributed by atoms with Gasteiger partial charge in [-0.3, -0.25) is 0 Å². The topological polar surface area (TPSA) is 0 Å². The summed E-state index contributed by atoms with van der Waals surface area (Å²) < 4.78 is 12.3. The van der Waals surface area contributed by atoms with Gasteiger partial charge in [0.25, 0.3) is 0 Å².